The molecule has 0 spiro atoms. The van der Waals surface area contributed by atoms with E-state index in [-0.39, 0.29) is 17.4 Å². The average Bonchev–Trinajstić information content (AvgIpc) is 3.34. The number of halogens is 2. The molecule has 5 nitrogen and oxygen atoms in total. The molecule has 158 valence electrons. The first-order valence-electron chi connectivity index (χ1n) is 10.8. The third kappa shape index (κ3) is 3.55. The number of fused-ring (bicyclic) bond motifs is 1. The van der Waals surface area contributed by atoms with Gasteiger partial charge < -0.3 is 10.3 Å². The van der Waals surface area contributed by atoms with E-state index < -0.39 is 0 Å². The number of rotatable bonds is 5. The summed E-state index contributed by atoms with van der Waals surface area (Å²) in [4.78, 5) is 19.4. The SMILES string of the molecule is CCC(C)n1c(C2(N3CCC(C(N)=O)CC3)CCCC2)nc2cc(Cl)c(Cl)cc21. The molecular weight excluding hydrogens is 407 g/mol. The quantitative estimate of drug-likeness (QED) is 0.692. The van der Waals surface area contributed by atoms with Crippen molar-refractivity contribution in [3.63, 3.8) is 0 Å². The third-order valence-corrected chi connectivity index (χ3v) is 7.83. The lowest BCUT2D eigenvalue weighted by atomic mass is 9.87. The second kappa shape index (κ2) is 8.09. The van der Waals surface area contributed by atoms with E-state index in [1.165, 1.54) is 12.8 Å². The molecule has 2 N–H and O–H groups in total. The summed E-state index contributed by atoms with van der Waals surface area (Å²) in [6.45, 7) is 6.23. The van der Waals surface area contributed by atoms with Gasteiger partial charge in [0.05, 0.1) is 26.6 Å². The summed E-state index contributed by atoms with van der Waals surface area (Å²) in [6.07, 6.45) is 7.25. The van der Waals surface area contributed by atoms with Crippen LogP contribution in [0.2, 0.25) is 10.0 Å². The maximum absolute atomic E-state index is 11.7. The summed E-state index contributed by atoms with van der Waals surface area (Å²) in [6, 6.07) is 4.17. The fraction of sp³-hybridized carbons (Fsp3) is 0.636. The fourth-order valence-corrected chi connectivity index (χ4v) is 5.60. The average molecular weight is 437 g/mol. The first-order chi connectivity index (χ1) is 13.9. The minimum atomic E-state index is -0.166. The van der Waals surface area contributed by atoms with Gasteiger partial charge in [0.15, 0.2) is 0 Å². The van der Waals surface area contributed by atoms with Crippen LogP contribution >= 0.6 is 23.2 Å². The number of carbonyl (C=O) groups is 1. The minimum Gasteiger partial charge on any atom is -0.369 e. The molecule has 1 aromatic carbocycles. The molecule has 1 atom stereocenters. The number of piperidine rings is 1. The molecule has 1 amide bonds. The number of benzene rings is 1. The summed E-state index contributed by atoms with van der Waals surface area (Å²) >= 11 is 12.7. The van der Waals surface area contributed by atoms with E-state index >= 15 is 0 Å². The molecule has 0 radical (unpaired) electrons. The van der Waals surface area contributed by atoms with Crippen LogP contribution in [0.5, 0.6) is 0 Å². The molecule has 4 rings (SSSR count). The molecule has 0 bridgehead atoms. The smallest absolute Gasteiger partial charge is 0.220 e. The standard InChI is InChI=1S/C22H30Cl2N4O/c1-3-14(2)28-19-13-17(24)16(23)12-18(19)26-21(28)22(8-4-5-9-22)27-10-6-15(7-11-27)20(25)29/h12-15H,3-11H2,1-2H3,(H2,25,29). The molecule has 29 heavy (non-hydrogen) atoms. The lowest BCUT2D eigenvalue weighted by Crippen LogP contribution is -2.51. The normalized spacial score (nSPS) is 21.7. The Morgan fingerprint density at radius 1 is 1.24 bits per heavy atom. The third-order valence-electron chi connectivity index (χ3n) is 7.11. The summed E-state index contributed by atoms with van der Waals surface area (Å²) in [5.41, 5.74) is 7.45. The number of imidazole rings is 1. The number of amides is 1. The van der Waals surface area contributed by atoms with Crippen LogP contribution < -0.4 is 5.73 Å². The Morgan fingerprint density at radius 2 is 1.86 bits per heavy atom. The maximum atomic E-state index is 11.7. The van der Waals surface area contributed by atoms with Crippen LogP contribution in [0, 0.1) is 5.92 Å². The van der Waals surface area contributed by atoms with E-state index in [2.05, 4.69) is 23.3 Å². The molecule has 1 saturated carbocycles. The van der Waals surface area contributed by atoms with Gasteiger partial charge in [-0.2, -0.15) is 0 Å². The fourth-order valence-electron chi connectivity index (χ4n) is 5.28. The highest BCUT2D eigenvalue weighted by Crippen LogP contribution is 2.47. The van der Waals surface area contributed by atoms with Gasteiger partial charge in [-0.25, -0.2) is 4.98 Å². The first-order valence-corrected chi connectivity index (χ1v) is 11.5. The molecule has 2 aromatic rings. The van der Waals surface area contributed by atoms with Crippen molar-refractivity contribution < 1.29 is 4.79 Å². The number of hydrogen-bond donors (Lipinski definition) is 1. The molecule has 1 saturated heterocycles. The molecule has 1 aliphatic carbocycles. The summed E-state index contributed by atoms with van der Waals surface area (Å²) in [5.74, 6) is 0.965. The van der Waals surface area contributed by atoms with Crippen molar-refractivity contribution in [3.05, 3.63) is 28.0 Å². The number of hydrogen-bond acceptors (Lipinski definition) is 3. The van der Waals surface area contributed by atoms with Crippen molar-refractivity contribution in [2.24, 2.45) is 11.7 Å². The van der Waals surface area contributed by atoms with Gasteiger partial charge in [-0.15, -0.1) is 0 Å². The molecule has 7 heteroatoms. The maximum Gasteiger partial charge on any atom is 0.220 e. The van der Waals surface area contributed by atoms with E-state index in [0.29, 0.717) is 16.1 Å². The Labute approximate surface area is 182 Å². The summed E-state index contributed by atoms with van der Waals surface area (Å²) < 4.78 is 2.39. The zero-order chi connectivity index (χ0) is 20.8. The predicted octanol–water partition coefficient (Wildman–Crippen LogP) is 5.28. The van der Waals surface area contributed by atoms with E-state index in [1.54, 1.807) is 0 Å². The lowest BCUT2D eigenvalue weighted by Gasteiger charge is -2.44. The van der Waals surface area contributed by atoms with Crippen LogP contribution in [0.3, 0.4) is 0 Å². The Bertz CT molecular complexity index is 911. The van der Waals surface area contributed by atoms with E-state index in [9.17, 15) is 4.79 Å². The van der Waals surface area contributed by atoms with E-state index in [0.717, 1.165) is 62.1 Å². The molecule has 1 unspecified atom stereocenters. The van der Waals surface area contributed by atoms with Crippen LogP contribution in [0.25, 0.3) is 11.0 Å². The molecule has 2 fully saturated rings. The second-order valence-electron chi connectivity index (χ2n) is 8.72. The first kappa shape index (κ1) is 21.0. The Hall–Kier alpha value is -1.30. The Morgan fingerprint density at radius 3 is 2.45 bits per heavy atom. The molecule has 2 heterocycles. The van der Waals surface area contributed by atoms with Gasteiger partial charge in [0.1, 0.15) is 5.82 Å². The number of nitrogens with two attached hydrogens (primary N) is 1. The Kier molecular flexibility index (Phi) is 5.84. The van der Waals surface area contributed by atoms with Crippen LogP contribution in [0.15, 0.2) is 12.1 Å². The van der Waals surface area contributed by atoms with Crippen molar-refractivity contribution in [1.82, 2.24) is 14.5 Å². The van der Waals surface area contributed by atoms with Gasteiger partial charge >= 0.3 is 0 Å². The van der Waals surface area contributed by atoms with Gasteiger partial charge in [-0.05, 0) is 64.3 Å². The monoisotopic (exact) mass is 436 g/mol. The topological polar surface area (TPSA) is 64.2 Å². The van der Waals surface area contributed by atoms with Crippen molar-refractivity contribution >= 4 is 40.1 Å². The molecule has 1 aromatic heterocycles. The van der Waals surface area contributed by atoms with Gasteiger partial charge in [-0.1, -0.05) is 43.0 Å². The zero-order valence-corrected chi connectivity index (χ0v) is 18.8. The van der Waals surface area contributed by atoms with Crippen molar-refractivity contribution in [3.8, 4) is 0 Å². The van der Waals surface area contributed by atoms with Crippen LogP contribution in [-0.2, 0) is 10.3 Å². The van der Waals surface area contributed by atoms with Crippen LogP contribution in [0.1, 0.15) is 70.7 Å². The largest absolute Gasteiger partial charge is 0.369 e. The van der Waals surface area contributed by atoms with E-state index in [4.69, 9.17) is 33.9 Å². The predicted molar refractivity (Wildman–Crippen MR) is 118 cm³/mol. The number of primary amides is 1. The highest BCUT2D eigenvalue weighted by atomic mass is 35.5. The van der Waals surface area contributed by atoms with Crippen LogP contribution in [0.4, 0.5) is 0 Å². The van der Waals surface area contributed by atoms with Gasteiger partial charge in [0, 0.05) is 12.0 Å². The molecular formula is C22H30Cl2N4O. The second-order valence-corrected chi connectivity index (χ2v) is 9.53. The molecule has 2 aliphatic rings. The van der Waals surface area contributed by atoms with Crippen molar-refractivity contribution in [2.75, 3.05) is 13.1 Å². The highest BCUT2D eigenvalue weighted by molar-refractivity contribution is 6.42. The van der Waals surface area contributed by atoms with Crippen LogP contribution in [-0.4, -0.2) is 33.4 Å². The van der Waals surface area contributed by atoms with Gasteiger partial charge in [0.25, 0.3) is 0 Å². The zero-order valence-electron chi connectivity index (χ0n) is 17.3. The van der Waals surface area contributed by atoms with Gasteiger partial charge in [-0.3, -0.25) is 9.69 Å². The van der Waals surface area contributed by atoms with E-state index in [1.807, 2.05) is 12.1 Å². The lowest BCUT2D eigenvalue weighted by molar-refractivity contribution is -0.123. The number of aromatic nitrogens is 2. The summed E-state index contributed by atoms with van der Waals surface area (Å²) in [5, 5.41) is 1.11. The minimum absolute atomic E-state index is 0.00398. The number of nitrogens with zero attached hydrogens (tertiary/aromatic N) is 3. The molecule has 1 aliphatic heterocycles. The van der Waals surface area contributed by atoms with Crippen molar-refractivity contribution in [1.29, 1.82) is 0 Å². The number of likely N-dealkylation sites (tertiary alicyclic amines) is 1. The summed E-state index contributed by atoms with van der Waals surface area (Å²) in [7, 11) is 0. The van der Waals surface area contributed by atoms with Gasteiger partial charge in [0.2, 0.25) is 5.91 Å². The Balaban J connectivity index is 1.82. The number of carbonyl (C=O) groups excluding carboxylic acids is 1. The van der Waals surface area contributed by atoms with Crippen molar-refractivity contribution in [2.45, 2.75) is 70.4 Å². The highest BCUT2D eigenvalue weighted by Gasteiger charge is 2.46.